The molecule has 1 aliphatic rings. The second-order valence-corrected chi connectivity index (χ2v) is 8.35. The number of benzene rings is 2. The Morgan fingerprint density at radius 1 is 1.17 bits per heavy atom. The van der Waals surface area contributed by atoms with Gasteiger partial charge in [-0.2, -0.15) is 10.4 Å². The van der Waals surface area contributed by atoms with Crippen molar-refractivity contribution in [3.05, 3.63) is 89.0 Å². The second-order valence-electron chi connectivity index (χ2n) is 8.35. The van der Waals surface area contributed by atoms with Gasteiger partial charge >= 0.3 is 6.03 Å². The normalized spacial score (nSPS) is 13.5. The summed E-state index contributed by atoms with van der Waals surface area (Å²) >= 11 is 0. The minimum Gasteiger partial charge on any atom is -0.382 e. The number of carbonyl (C=O) groups excluding carboxylic acids is 1. The molecule has 0 aliphatic carbocycles. The summed E-state index contributed by atoms with van der Waals surface area (Å²) in [5.74, 6) is -0.0278. The maximum absolute atomic E-state index is 14.3. The molecule has 4 aromatic rings. The number of rotatable bonds is 4. The van der Waals surface area contributed by atoms with Crippen LogP contribution < -0.4 is 11.5 Å². The topological polar surface area (TPSA) is 126 Å². The molecule has 4 N–H and O–H groups in total. The molecule has 0 saturated heterocycles. The highest BCUT2D eigenvalue weighted by atomic mass is 19.1. The van der Waals surface area contributed by atoms with Crippen LogP contribution in [0.25, 0.3) is 22.3 Å². The lowest BCUT2D eigenvalue weighted by molar-refractivity contribution is 0.213. The molecular weight excluding hydrogens is 445 g/mol. The number of halogens is 1. The number of primary amides is 1. The first kappa shape index (κ1) is 22.1. The Morgan fingerprint density at radius 2 is 2.00 bits per heavy atom. The van der Waals surface area contributed by atoms with E-state index in [0.29, 0.717) is 59.7 Å². The third-order valence-corrected chi connectivity index (χ3v) is 6.11. The summed E-state index contributed by atoms with van der Waals surface area (Å²) in [7, 11) is 0. The lowest BCUT2D eigenvalue weighted by Gasteiger charge is -2.26. The number of aromatic nitrogens is 3. The van der Waals surface area contributed by atoms with Gasteiger partial charge in [0.05, 0.1) is 28.7 Å². The van der Waals surface area contributed by atoms with E-state index in [1.165, 1.54) is 6.07 Å². The lowest BCUT2D eigenvalue weighted by atomic mass is 9.98. The van der Waals surface area contributed by atoms with Crippen molar-refractivity contribution in [3.63, 3.8) is 0 Å². The summed E-state index contributed by atoms with van der Waals surface area (Å²) < 4.78 is 16.0. The Bertz CT molecular complexity index is 1530. The van der Waals surface area contributed by atoms with Crippen molar-refractivity contribution in [1.29, 1.82) is 5.26 Å². The fraction of sp³-hybridized carbons (Fsp3) is 0.154. The number of hydrogen-bond acceptors (Lipinski definition) is 5. The van der Waals surface area contributed by atoms with Gasteiger partial charge in [0.1, 0.15) is 17.2 Å². The van der Waals surface area contributed by atoms with Crippen LogP contribution in [-0.2, 0) is 6.42 Å². The smallest absolute Gasteiger partial charge is 0.315 e. The Labute approximate surface area is 200 Å². The minimum absolute atomic E-state index is 0.272. The van der Waals surface area contributed by atoms with Gasteiger partial charge in [-0.25, -0.2) is 18.7 Å². The molecule has 0 atom stereocenters. The molecule has 174 valence electrons. The first-order valence-electron chi connectivity index (χ1n) is 11.1. The standard InChI is InChI=1S/C26H22FN7O/c27-21-7-2-1-5-18(21)13-20-14-22-25(29)31-23(19-6-3-4-16(12-19)15-28)24(34(22)32-20)17-8-10-33(11-9-17)26(30)35/h1-8,12,14H,9-11,13H2,(H2,29,31)(H2,30,35). The van der Waals surface area contributed by atoms with E-state index >= 15 is 0 Å². The van der Waals surface area contributed by atoms with Gasteiger partial charge in [0.25, 0.3) is 0 Å². The quantitative estimate of drug-likeness (QED) is 0.473. The summed E-state index contributed by atoms with van der Waals surface area (Å²) in [6, 6.07) is 17.2. The van der Waals surface area contributed by atoms with Crippen LogP contribution in [0.15, 0.2) is 60.7 Å². The van der Waals surface area contributed by atoms with E-state index in [0.717, 1.165) is 11.1 Å². The Hall–Kier alpha value is -4.71. The van der Waals surface area contributed by atoms with Crippen LogP contribution in [0.4, 0.5) is 15.0 Å². The number of nitrogens with two attached hydrogens (primary N) is 2. The largest absolute Gasteiger partial charge is 0.382 e. The summed E-state index contributed by atoms with van der Waals surface area (Å²) in [6.07, 6.45) is 2.76. The molecule has 8 nitrogen and oxygen atoms in total. The fourth-order valence-corrected chi connectivity index (χ4v) is 4.35. The highest BCUT2D eigenvalue weighted by molar-refractivity contribution is 5.84. The molecule has 35 heavy (non-hydrogen) atoms. The maximum Gasteiger partial charge on any atom is 0.315 e. The van der Waals surface area contributed by atoms with Gasteiger partial charge in [-0.05, 0) is 41.8 Å². The molecule has 0 saturated carbocycles. The molecular formula is C26H22FN7O. The van der Waals surface area contributed by atoms with E-state index in [4.69, 9.17) is 21.5 Å². The number of anilines is 1. The number of fused-ring (bicyclic) bond motifs is 1. The first-order valence-corrected chi connectivity index (χ1v) is 11.1. The van der Waals surface area contributed by atoms with E-state index < -0.39 is 6.03 Å². The van der Waals surface area contributed by atoms with Crippen molar-refractivity contribution in [2.75, 3.05) is 18.8 Å². The predicted octanol–water partition coefficient (Wildman–Crippen LogP) is 3.75. The van der Waals surface area contributed by atoms with Crippen LogP contribution in [0.1, 0.15) is 28.9 Å². The zero-order valence-electron chi connectivity index (χ0n) is 18.8. The molecule has 2 amide bonds. The van der Waals surface area contributed by atoms with Crippen LogP contribution in [-0.4, -0.2) is 38.6 Å². The maximum atomic E-state index is 14.3. The molecule has 3 heterocycles. The SMILES string of the molecule is N#Cc1cccc(-c2nc(N)c3cc(Cc4ccccc4F)nn3c2C2=CCN(C(N)=O)CC2)c1. The van der Waals surface area contributed by atoms with Gasteiger partial charge in [-0.1, -0.05) is 36.4 Å². The Morgan fingerprint density at radius 3 is 2.71 bits per heavy atom. The molecule has 1 aliphatic heterocycles. The number of nitriles is 1. The number of urea groups is 1. The van der Waals surface area contributed by atoms with Gasteiger partial charge in [0.2, 0.25) is 0 Å². The molecule has 0 unspecified atom stereocenters. The number of carbonyl (C=O) groups is 1. The first-order chi connectivity index (χ1) is 16.9. The summed E-state index contributed by atoms with van der Waals surface area (Å²) in [5, 5.41) is 14.2. The summed E-state index contributed by atoms with van der Waals surface area (Å²) in [6.45, 7) is 0.811. The molecule has 5 rings (SSSR count). The lowest BCUT2D eigenvalue weighted by Crippen LogP contribution is -2.38. The van der Waals surface area contributed by atoms with Crippen molar-refractivity contribution in [2.24, 2.45) is 5.73 Å². The van der Waals surface area contributed by atoms with Crippen molar-refractivity contribution < 1.29 is 9.18 Å². The van der Waals surface area contributed by atoms with Gasteiger partial charge in [-0.15, -0.1) is 0 Å². The molecule has 0 fully saturated rings. The van der Waals surface area contributed by atoms with E-state index in [-0.39, 0.29) is 11.6 Å². The fourth-order valence-electron chi connectivity index (χ4n) is 4.35. The van der Waals surface area contributed by atoms with E-state index in [2.05, 4.69) is 6.07 Å². The molecule has 2 aromatic heterocycles. The Kier molecular flexibility index (Phi) is 5.63. The van der Waals surface area contributed by atoms with E-state index in [9.17, 15) is 14.4 Å². The average molecular weight is 468 g/mol. The van der Waals surface area contributed by atoms with Crippen LogP contribution >= 0.6 is 0 Å². The number of amides is 2. The highest BCUT2D eigenvalue weighted by Gasteiger charge is 2.24. The number of hydrogen-bond donors (Lipinski definition) is 2. The Balaban J connectivity index is 1.70. The van der Waals surface area contributed by atoms with Gasteiger partial charge in [0, 0.05) is 25.1 Å². The zero-order chi connectivity index (χ0) is 24.5. The third-order valence-electron chi connectivity index (χ3n) is 6.11. The van der Waals surface area contributed by atoms with Crippen LogP contribution in [0.3, 0.4) is 0 Å². The van der Waals surface area contributed by atoms with Crippen molar-refractivity contribution in [1.82, 2.24) is 19.5 Å². The highest BCUT2D eigenvalue weighted by Crippen LogP contribution is 2.34. The molecule has 0 bridgehead atoms. The number of nitrogens with zero attached hydrogens (tertiary/aromatic N) is 5. The van der Waals surface area contributed by atoms with Crippen molar-refractivity contribution >= 4 is 22.9 Å². The average Bonchev–Trinajstić information content (AvgIpc) is 3.29. The van der Waals surface area contributed by atoms with Crippen LogP contribution in [0, 0.1) is 17.1 Å². The van der Waals surface area contributed by atoms with E-state index in [1.54, 1.807) is 45.8 Å². The third kappa shape index (κ3) is 4.17. The molecule has 2 aromatic carbocycles. The summed E-state index contributed by atoms with van der Waals surface area (Å²) in [4.78, 5) is 17.9. The minimum atomic E-state index is -0.478. The van der Waals surface area contributed by atoms with Gasteiger partial charge in [-0.3, -0.25) is 0 Å². The van der Waals surface area contributed by atoms with Gasteiger partial charge < -0.3 is 16.4 Å². The van der Waals surface area contributed by atoms with Crippen LogP contribution in [0.5, 0.6) is 0 Å². The summed E-state index contributed by atoms with van der Waals surface area (Å²) in [5.41, 5.74) is 17.0. The van der Waals surface area contributed by atoms with Crippen molar-refractivity contribution in [2.45, 2.75) is 12.8 Å². The van der Waals surface area contributed by atoms with Crippen molar-refractivity contribution in [3.8, 4) is 17.3 Å². The molecule has 0 spiro atoms. The van der Waals surface area contributed by atoms with Crippen LogP contribution in [0.2, 0.25) is 0 Å². The van der Waals surface area contributed by atoms with Gasteiger partial charge in [0.15, 0.2) is 0 Å². The zero-order valence-corrected chi connectivity index (χ0v) is 18.8. The number of nitrogen functional groups attached to an aromatic ring is 1. The monoisotopic (exact) mass is 467 g/mol. The molecule has 0 radical (unpaired) electrons. The second kappa shape index (κ2) is 8.91. The van der Waals surface area contributed by atoms with E-state index in [1.807, 2.05) is 18.2 Å². The molecule has 9 heteroatoms. The predicted molar refractivity (Wildman–Crippen MR) is 131 cm³/mol.